The lowest BCUT2D eigenvalue weighted by molar-refractivity contribution is -0.385. The van der Waals surface area contributed by atoms with Crippen LogP contribution in [0.3, 0.4) is 0 Å². The lowest BCUT2D eigenvalue weighted by atomic mass is 10.1. The zero-order valence-corrected chi connectivity index (χ0v) is 7.94. The van der Waals surface area contributed by atoms with E-state index >= 15 is 0 Å². The van der Waals surface area contributed by atoms with Crippen LogP contribution < -0.4 is 10.1 Å². The number of methoxy groups -OCH3 is 1. The molecule has 0 radical (unpaired) electrons. The van der Waals surface area contributed by atoms with Gasteiger partial charge in [-0.2, -0.15) is 0 Å². The molecule has 1 aromatic rings. The van der Waals surface area contributed by atoms with Crippen molar-refractivity contribution in [1.29, 1.82) is 0 Å². The molecule has 15 heavy (non-hydrogen) atoms. The van der Waals surface area contributed by atoms with E-state index < -0.39 is 4.92 Å². The lowest BCUT2D eigenvalue weighted by Gasteiger charge is -2.03. The topological polar surface area (TPSA) is 81.5 Å². The Hall–Kier alpha value is -2.11. The Kier molecular flexibility index (Phi) is 2.03. The fourth-order valence-electron chi connectivity index (χ4n) is 1.55. The molecule has 0 spiro atoms. The number of carbonyl (C=O) groups is 1. The van der Waals surface area contributed by atoms with Crippen molar-refractivity contribution in [1.82, 2.24) is 5.32 Å². The molecule has 0 saturated carbocycles. The first-order valence-electron chi connectivity index (χ1n) is 4.27. The predicted octanol–water partition coefficient (Wildman–Crippen LogP) is 0.847. The Morgan fingerprint density at radius 1 is 1.53 bits per heavy atom. The summed E-state index contributed by atoms with van der Waals surface area (Å²) in [5.74, 6) is -0.117. The Bertz CT molecular complexity index is 456. The predicted molar refractivity (Wildman–Crippen MR) is 50.8 cm³/mol. The van der Waals surface area contributed by atoms with E-state index in [1.165, 1.54) is 19.2 Å². The molecule has 1 aliphatic rings. The van der Waals surface area contributed by atoms with E-state index in [0.717, 1.165) is 0 Å². The summed E-state index contributed by atoms with van der Waals surface area (Å²) in [4.78, 5) is 21.4. The number of nitrogens with one attached hydrogen (secondary N) is 1. The first kappa shape index (κ1) is 9.45. The van der Waals surface area contributed by atoms with Crippen molar-refractivity contribution in [3.05, 3.63) is 33.4 Å². The molecule has 0 fully saturated rings. The third-order valence-electron chi connectivity index (χ3n) is 2.29. The number of rotatable bonds is 2. The first-order valence-corrected chi connectivity index (χ1v) is 4.27. The smallest absolute Gasteiger partial charge is 0.311 e. The van der Waals surface area contributed by atoms with Crippen molar-refractivity contribution >= 4 is 11.6 Å². The van der Waals surface area contributed by atoms with E-state index in [2.05, 4.69) is 5.32 Å². The highest BCUT2D eigenvalue weighted by atomic mass is 16.6. The van der Waals surface area contributed by atoms with Gasteiger partial charge in [0.15, 0.2) is 5.75 Å². The van der Waals surface area contributed by atoms with Crippen LogP contribution in [0.25, 0.3) is 0 Å². The third-order valence-corrected chi connectivity index (χ3v) is 2.29. The maximum absolute atomic E-state index is 11.3. The molecular weight excluding hydrogens is 200 g/mol. The summed E-state index contributed by atoms with van der Waals surface area (Å²) >= 11 is 0. The molecule has 78 valence electrons. The summed E-state index contributed by atoms with van der Waals surface area (Å²) in [6, 6.07) is 2.77. The van der Waals surface area contributed by atoms with Crippen LogP contribution in [0.15, 0.2) is 12.1 Å². The standard InChI is InChI=1S/C9H8N2O4/c1-15-8-3-6-5(4-10-9(6)12)2-7(8)11(13)14/h2-3H,4H2,1H3,(H,10,12). The molecule has 0 aromatic heterocycles. The Labute approximate surface area is 85.0 Å². The van der Waals surface area contributed by atoms with E-state index in [9.17, 15) is 14.9 Å². The summed E-state index contributed by atoms with van der Waals surface area (Å²) in [5, 5.41) is 13.3. The highest BCUT2D eigenvalue weighted by molar-refractivity contribution is 5.99. The Balaban J connectivity index is 2.61. The van der Waals surface area contributed by atoms with Crippen molar-refractivity contribution in [3.63, 3.8) is 0 Å². The van der Waals surface area contributed by atoms with E-state index in [1.807, 2.05) is 0 Å². The highest BCUT2D eigenvalue weighted by Crippen LogP contribution is 2.32. The van der Waals surface area contributed by atoms with Gasteiger partial charge >= 0.3 is 5.69 Å². The number of benzene rings is 1. The number of hydrogen-bond acceptors (Lipinski definition) is 4. The van der Waals surface area contributed by atoms with Gasteiger partial charge in [-0.1, -0.05) is 0 Å². The van der Waals surface area contributed by atoms with Crippen LogP contribution in [0.5, 0.6) is 5.75 Å². The lowest BCUT2D eigenvalue weighted by Crippen LogP contribution is -2.12. The summed E-state index contributed by atoms with van der Waals surface area (Å²) in [5.41, 5.74) is 0.956. The number of ether oxygens (including phenoxy) is 1. The number of amides is 1. The average Bonchev–Trinajstić information content (AvgIpc) is 2.58. The van der Waals surface area contributed by atoms with Crippen LogP contribution in [0.1, 0.15) is 15.9 Å². The van der Waals surface area contributed by atoms with Crippen LogP contribution in [0.4, 0.5) is 5.69 Å². The molecule has 0 unspecified atom stereocenters. The molecule has 0 saturated heterocycles. The minimum absolute atomic E-state index is 0.107. The fraction of sp³-hybridized carbons (Fsp3) is 0.222. The van der Waals surface area contributed by atoms with Gasteiger partial charge in [0, 0.05) is 24.2 Å². The second kappa shape index (κ2) is 3.23. The molecule has 0 bridgehead atoms. The normalized spacial score (nSPS) is 13.3. The number of nitro groups is 1. The molecule has 2 rings (SSSR count). The van der Waals surface area contributed by atoms with E-state index in [4.69, 9.17) is 4.74 Å². The molecule has 1 aromatic carbocycles. The quantitative estimate of drug-likeness (QED) is 0.577. The van der Waals surface area contributed by atoms with E-state index in [1.54, 1.807) is 0 Å². The Morgan fingerprint density at radius 3 is 2.87 bits per heavy atom. The number of carbonyl (C=O) groups excluding carboxylic acids is 1. The molecule has 0 atom stereocenters. The van der Waals surface area contributed by atoms with Gasteiger partial charge in [-0.3, -0.25) is 14.9 Å². The number of nitro benzene ring substituents is 1. The van der Waals surface area contributed by atoms with Gasteiger partial charge in [0.2, 0.25) is 0 Å². The van der Waals surface area contributed by atoms with Gasteiger partial charge in [-0.15, -0.1) is 0 Å². The number of hydrogen-bond donors (Lipinski definition) is 1. The second-order valence-electron chi connectivity index (χ2n) is 3.12. The largest absolute Gasteiger partial charge is 0.490 e. The summed E-state index contributed by atoms with van der Waals surface area (Å²) in [6.07, 6.45) is 0. The number of nitrogens with zero attached hydrogens (tertiary/aromatic N) is 1. The fourth-order valence-corrected chi connectivity index (χ4v) is 1.55. The summed E-state index contributed by atoms with van der Waals surface area (Å²) in [7, 11) is 1.33. The molecule has 6 heteroatoms. The van der Waals surface area contributed by atoms with Crippen molar-refractivity contribution in [2.45, 2.75) is 6.54 Å². The zero-order valence-electron chi connectivity index (χ0n) is 7.94. The van der Waals surface area contributed by atoms with E-state index in [-0.39, 0.29) is 17.3 Å². The van der Waals surface area contributed by atoms with E-state index in [0.29, 0.717) is 17.7 Å². The van der Waals surface area contributed by atoms with Crippen LogP contribution >= 0.6 is 0 Å². The maximum Gasteiger partial charge on any atom is 0.311 e. The van der Waals surface area contributed by atoms with Gasteiger partial charge in [0.25, 0.3) is 5.91 Å². The molecule has 6 nitrogen and oxygen atoms in total. The summed E-state index contributed by atoms with van der Waals surface area (Å²) in [6.45, 7) is 0.332. The molecule has 1 amide bonds. The number of fused-ring (bicyclic) bond motifs is 1. The SMILES string of the molecule is COc1cc2c(cc1[N+](=O)[O-])CNC2=O. The minimum atomic E-state index is -0.526. The molecule has 0 aliphatic carbocycles. The van der Waals surface area contributed by atoms with Crippen LogP contribution in [-0.4, -0.2) is 17.9 Å². The molecule has 1 aliphatic heterocycles. The highest BCUT2D eigenvalue weighted by Gasteiger charge is 2.25. The molecule has 1 N–H and O–H groups in total. The Morgan fingerprint density at radius 2 is 2.27 bits per heavy atom. The van der Waals surface area contributed by atoms with Crippen LogP contribution in [0.2, 0.25) is 0 Å². The van der Waals surface area contributed by atoms with Crippen molar-refractivity contribution in [2.24, 2.45) is 0 Å². The average molecular weight is 208 g/mol. The van der Waals surface area contributed by atoms with Crippen molar-refractivity contribution in [3.8, 4) is 5.75 Å². The monoisotopic (exact) mass is 208 g/mol. The van der Waals surface area contributed by atoms with Crippen LogP contribution in [0, 0.1) is 10.1 Å². The minimum Gasteiger partial charge on any atom is -0.490 e. The van der Waals surface area contributed by atoms with Crippen molar-refractivity contribution in [2.75, 3.05) is 7.11 Å². The maximum atomic E-state index is 11.3. The third kappa shape index (κ3) is 1.39. The zero-order chi connectivity index (χ0) is 11.0. The van der Waals surface area contributed by atoms with Crippen LogP contribution in [-0.2, 0) is 6.54 Å². The molecule has 1 heterocycles. The first-order chi connectivity index (χ1) is 7.13. The van der Waals surface area contributed by atoms with Gasteiger partial charge in [-0.25, -0.2) is 0 Å². The molecular formula is C9H8N2O4. The van der Waals surface area contributed by atoms with Gasteiger partial charge in [0.1, 0.15) is 0 Å². The summed E-state index contributed by atoms with van der Waals surface area (Å²) < 4.78 is 4.86. The van der Waals surface area contributed by atoms with Crippen molar-refractivity contribution < 1.29 is 14.5 Å². The second-order valence-corrected chi connectivity index (χ2v) is 3.12. The van der Waals surface area contributed by atoms with Gasteiger partial charge < -0.3 is 10.1 Å². The van der Waals surface area contributed by atoms with Gasteiger partial charge in [0.05, 0.1) is 12.0 Å². The van der Waals surface area contributed by atoms with Gasteiger partial charge in [-0.05, 0) is 5.56 Å².